The summed E-state index contributed by atoms with van der Waals surface area (Å²) in [5.41, 5.74) is 1.36. The van der Waals surface area contributed by atoms with E-state index < -0.39 is 23.3 Å². The molecule has 0 aliphatic heterocycles. The molecular formula is C19H11F4+. The molecule has 0 nitrogen and oxygen atoms in total. The third-order valence-corrected chi connectivity index (χ3v) is 3.38. The molecule has 0 spiro atoms. The largest absolute Gasteiger partial charge is 0.207 e. The summed E-state index contributed by atoms with van der Waals surface area (Å²) in [6, 6.07) is 8.61. The average molecular weight is 315 g/mol. The van der Waals surface area contributed by atoms with E-state index >= 15 is 0 Å². The van der Waals surface area contributed by atoms with Crippen LogP contribution >= 0.6 is 0 Å². The first-order valence-electron chi connectivity index (χ1n) is 6.88. The molecule has 114 valence electrons. The van der Waals surface area contributed by atoms with Crippen LogP contribution in [0.15, 0.2) is 72.1 Å². The highest BCUT2D eigenvalue weighted by molar-refractivity contribution is 5.85. The fourth-order valence-electron chi connectivity index (χ4n) is 2.49. The fourth-order valence-corrected chi connectivity index (χ4v) is 2.49. The number of halogens is 4. The molecule has 4 heteroatoms. The zero-order chi connectivity index (χ0) is 16.4. The second-order valence-electron chi connectivity index (χ2n) is 5.05. The van der Waals surface area contributed by atoms with E-state index in [9.17, 15) is 17.6 Å². The first-order chi connectivity index (χ1) is 11.0. The Kier molecular flexibility index (Phi) is 4.06. The van der Waals surface area contributed by atoms with E-state index in [-0.39, 0.29) is 5.56 Å². The lowest BCUT2D eigenvalue weighted by Crippen LogP contribution is -1.98. The Balaban J connectivity index is 2.26. The van der Waals surface area contributed by atoms with Gasteiger partial charge in [0, 0.05) is 29.7 Å². The number of allylic oxidation sites excluding steroid dienone is 5. The van der Waals surface area contributed by atoms with Crippen molar-refractivity contribution in [3.63, 3.8) is 0 Å². The van der Waals surface area contributed by atoms with Crippen molar-refractivity contribution in [2.45, 2.75) is 0 Å². The monoisotopic (exact) mass is 315 g/mol. The van der Waals surface area contributed by atoms with E-state index in [2.05, 4.69) is 0 Å². The molecule has 1 aliphatic rings. The molecular weight excluding hydrogens is 304 g/mol. The molecule has 0 fully saturated rings. The van der Waals surface area contributed by atoms with E-state index in [4.69, 9.17) is 0 Å². The Morgan fingerprint density at radius 2 is 1.48 bits per heavy atom. The van der Waals surface area contributed by atoms with Gasteiger partial charge in [-0.2, -0.15) is 4.39 Å². The summed E-state index contributed by atoms with van der Waals surface area (Å²) >= 11 is 0. The molecule has 0 bridgehead atoms. The van der Waals surface area contributed by atoms with Crippen LogP contribution in [0.25, 0.3) is 5.57 Å². The molecule has 0 amide bonds. The number of hydrogen-bond donors (Lipinski definition) is 0. The maximum atomic E-state index is 13.6. The van der Waals surface area contributed by atoms with Crippen molar-refractivity contribution in [1.82, 2.24) is 0 Å². The molecule has 0 radical (unpaired) electrons. The Bertz CT molecular complexity index is 824. The number of rotatable bonds is 2. The van der Waals surface area contributed by atoms with Crippen molar-refractivity contribution in [2.75, 3.05) is 0 Å². The minimum absolute atomic E-state index is 0.207. The maximum Gasteiger partial charge on any atom is 0.205 e. The van der Waals surface area contributed by atoms with Gasteiger partial charge in [-0.15, -0.1) is 0 Å². The van der Waals surface area contributed by atoms with E-state index in [0.29, 0.717) is 16.7 Å². The van der Waals surface area contributed by atoms with E-state index in [1.807, 2.05) is 0 Å². The molecule has 1 aliphatic carbocycles. The van der Waals surface area contributed by atoms with Crippen LogP contribution in [0.4, 0.5) is 17.6 Å². The zero-order valence-electron chi connectivity index (χ0n) is 11.9. The van der Waals surface area contributed by atoms with Gasteiger partial charge in [-0.3, -0.25) is 0 Å². The molecule has 3 rings (SSSR count). The Hall–Kier alpha value is -2.75. The van der Waals surface area contributed by atoms with Crippen molar-refractivity contribution < 1.29 is 17.6 Å². The Morgan fingerprint density at radius 1 is 0.783 bits per heavy atom. The molecule has 0 atom stereocenters. The highest BCUT2D eigenvalue weighted by Gasteiger charge is 2.21. The lowest BCUT2D eigenvalue weighted by Gasteiger charge is -2.09. The van der Waals surface area contributed by atoms with Crippen LogP contribution in [0.5, 0.6) is 0 Å². The molecule has 0 aromatic heterocycles. The summed E-state index contributed by atoms with van der Waals surface area (Å²) in [4.78, 5) is 0. The van der Waals surface area contributed by atoms with Crippen LogP contribution in [-0.2, 0) is 0 Å². The second kappa shape index (κ2) is 6.16. The van der Waals surface area contributed by atoms with Gasteiger partial charge in [-0.25, -0.2) is 13.2 Å². The number of hydrogen-bond acceptors (Lipinski definition) is 0. The van der Waals surface area contributed by atoms with Crippen LogP contribution in [0, 0.1) is 23.9 Å². The molecule has 2 aromatic carbocycles. The molecule has 2 aromatic rings. The van der Waals surface area contributed by atoms with Crippen molar-refractivity contribution in [3.8, 4) is 0 Å². The normalized spacial score (nSPS) is 15.9. The summed E-state index contributed by atoms with van der Waals surface area (Å²) in [7, 11) is 0. The molecule has 0 heterocycles. The standard InChI is InChI=1S/C19H11F4/c20-15-5-1-3-12(7-15)19(13-4-2-6-16(21)8-13)14-9-17(22)11-18(23)10-14/h1-11H/q+1/b19-12+. The minimum atomic E-state index is -0.759. The minimum Gasteiger partial charge on any atom is -0.207 e. The van der Waals surface area contributed by atoms with Crippen LogP contribution < -0.4 is 0 Å². The fraction of sp³-hybridized carbons (Fsp3) is 0. The summed E-state index contributed by atoms with van der Waals surface area (Å²) in [6.07, 6.45) is 5.59. The van der Waals surface area contributed by atoms with Crippen molar-refractivity contribution in [1.29, 1.82) is 0 Å². The highest BCUT2D eigenvalue weighted by atomic mass is 19.1. The Morgan fingerprint density at radius 3 is 2.13 bits per heavy atom. The van der Waals surface area contributed by atoms with Gasteiger partial charge in [0.15, 0.2) is 0 Å². The van der Waals surface area contributed by atoms with Crippen molar-refractivity contribution in [3.05, 3.63) is 107 Å². The Labute approximate surface area is 131 Å². The van der Waals surface area contributed by atoms with Crippen LogP contribution in [0.3, 0.4) is 0 Å². The number of benzene rings is 2. The third-order valence-electron chi connectivity index (χ3n) is 3.38. The van der Waals surface area contributed by atoms with Gasteiger partial charge in [-0.1, -0.05) is 6.07 Å². The van der Waals surface area contributed by atoms with Gasteiger partial charge >= 0.3 is 0 Å². The first kappa shape index (κ1) is 15.2. The van der Waals surface area contributed by atoms with Gasteiger partial charge in [0.05, 0.1) is 17.7 Å². The van der Waals surface area contributed by atoms with Gasteiger partial charge in [0.2, 0.25) is 5.83 Å². The van der Waals surface area contributed by atoms with E-state index in [1.54, 1.807) is 12.5 Å². The molecule has 0 N–H and O–H groups in total. The highest BCUT2D eigenvalue weighted by Crippen LogP contribution is 2.32. The van der Waals surface area contributed by atoms with Crippen LogP contribution in [0.1, 0.15) is 11.1 Å². The molecule has 0 saturated heterocycles. The molecule has 0 saturated carbocycles. The molecule has 0 unspecified atom stereocenters. The van der Waals surface area contributed by atoms with E-state index in [0.717, 1.165) is 18.2 Å². The lowest BCUT2D eigenvalue weighted by molar-refractivity contribution is 0.582. The van der Waals surface area contributed by atoms with Gasteiger partial charge in [-0.05, 0) is 30.3 Å². The van der Waals surface area contributed by atoms with Gasteiger partial charge in [0.25, 0.3) is 0 Å². The van der Waals surface area contributed by atoms with E-state index in [1.165, 1.54) is 36.4 Å². The summed E-state index contributed by atoms with van der Waals surface area (Å²) in [5.74, 6) is -2.50. The second-order valence-corrected chi connectivity index (χ2v) is 5.05. The summed E-state index contributed by atoms with van der Waals surface area (Å²) < 4.78 is 54.3. The SMILES string of the molecule is FC1=C/C(=C(\c2cccc(F)c2)c2cc(F)cc(F)c2)[CH+]C=C1. The zero-order valence-corrected chi connectivity index (χ0v) is 11.9. The van der Waals surface area contributed by atoms with Crippen molar-refractivity contribution >= 4 is 5.57 Å². The van der Waals surface area contributed by atoms with Crippen LogP contribution in [-0.4, -0.2) is 0 Å². The van der Waals surface area contributed by atoms with Crippen LogP contribution in [0.2, 0.25) is 0 Å². The van der Waals surface area contributed by atoms with Gasteiger partial charge < -0.3 is 0 Å². The van der Waals surface area contributed by atoms with Crippen molar-refractivity contribution in [2.24, 2.45) is 0 Å². The topological polar surface area (TPSA) is 0 Å². The quantitative estimate of drug-likeness (QED) is 0.505. The predicted molar refractivity (Wildman–Crippen MR) is 81.4 cm³/mol. The smallest absolute Gasteiger partial charge is 0.205 e. The predicted octanol–water partition coefficient (Wildman–Crippen LogP) is 5.53. The molecule has 23 heavy (non-hydrogen) atoms. The average Bonchev–Trinajstić information content (AvgIpc) is 2.46. The summed E-state index contributed by atoms with van der Waals surface area (Å²) in [6.45, 7) is 0. The van der Waals surface area contributed by atoms with Gasteiger partial charge in [0.1, 0.15) is 23.0 Å². The lowest BCUT2D eigenvalue weighted by atomic mass is 9.89. The summed E-state index contributed by atoms with van der Waals surface area (Å²) in [5, 5.41) is 0. The third kappa shape index (κ3) is 3.37. The first-order valence-corrected chi connectivity index (χ1v) is 6.88. The maximum absolute atomic E-state index is 13.6.